The van der Waals surface area contributed by atoms with Gasteiger partial charge in [0.2, 0.25) is 5.91 Å². The Labute approximate surface area is 368 Å². The fourth-order valence-corrected chi connectivity index (χ4v) is 8.31. The van der Waals surface area contributed by atoms with E-state index in [2.05, 4.69) is 38.2 Å². The highest BCUT2D eigenvalue weighted by molar-refractivity contribution is 5.77. The molecule has 0 saturated carbocycles. The summed E-state index contributed by atoms with van der Waals surface area (Å²) in [5, 5.41) is 23.8. The average Bonchev–Trinajstić information content (AvgIpc) is 3.23. The van der Waals surface area contributed by atoms with E-state index < -0.39 is 18.2 Å². The normalized spacial score (nSPS) is 13.2. The van der Waals surface area contributed by atoms with Gasteiger partial charge in [0, 0.05) is 6.42 Å². The van der Waals surface area contributed by atoms with Crippen molar-refractivity contribution in [3.8, 4) is 0 Å². The number of carbonyl (C=O) groups excluding carboxylic acids is 2. The van der Waals surface area contributed by atoms with E-state index >= 15 is 0 Å². The lowest BCUT2D eigenvalue weighted by Crippen LogP contribution is -2.46. The Balaban J connectivity index is 4.36. The van der Waals surface area contributed by atoms with Gasteiger partial charge in [-0.25, -0.2) is 0 Å². The molecule has 0 fully saturated rings. The monoisotopic (exact) mass is 834 g/mol. The lowest BCUT2D eigenvalue weighted by Gasteiger charge is -2.24. The lowest BCUT2D eigenvalue weighted by molar-refractivity contribution is -0.151. The minimum Gasteiger partial charge on any atom is -0.462 e. The number of unbranched alkanes of at least 4 members (excludes halogenated alkanes) is 34. The van der Waals surface area contributed by atoms with Crippen molar-refractivity contribution < 1.29 is 24.5 Å². The van der Waals surface area contributed by atoms with Crippen molar-refractivity contribution in [3.63, 3.8) is 0 Å². The number of hydrogen-bond acceptors (Lipinski definition) is 5. The van der Waals surface area contributed by atoms with Gasteiger partial charge in [0.25, 0.3) is 0 Å². The molecule has 0 aliphatic carbocycles. The molecule has 0 aromatic rings. The van der Waals surface area contributed by atoms with E-state index in [4.69, 9.17) is 4.74 Å². The standard InChI is InChI=1S/C53H103NO5/c1-4-7-10-13-16-19-21-23-25-27-29-31-33-36-39-42-45-51(56)50(48-55)54-52(57)47-49(44-41-38-35-18-15-12-9-6-3)59-53(58)46-43-40-37-34-32-30-28-26-24-22-20-17-14-11-8-5-2/h26,28,49-51,55-56H,4-25,27,29-48H2,1-3H3,(H,54,57)/b28-26+. The summed E-state index contributed by atoms with van der Waals surface area (Å²) in [5.41, 5.74) is 0. The molecule has 0 radical (unpaired) electrons. The third-order valence-corrected chi connectivity index (χ3v) is 12.3. The number of aliphatic hydroxyl groups is 2. The average molecular weight is 834 g/mol. The van der Waals surface area contributed by atoms with Crippen LogP contribution in [-0.4, -0.2) is 46.9 Å². The second-order valence-electron chi connectivity index (χ2n) is 18.3. The number of amides is 1. The van der Waals surface area contributed by atoms with Crippen LogP contribution in [0.5, 0.6) is 0 Å². The van der Waals surface area contributed by atoms with Gasteiger partial charge in [-0.05, 0) is 51.4 Å². The van der Waals surface area contributed by atoms with Crippen molar-refractivity contribution in [3.05, 3.63) is 12.2 Å². The predicted octanol–water partition coefficient (Wildman–Crippen LogP) is 15.7. The molecule has 0 saturated heterocycles. The summed E-state index contributed by atoms with van der Waals surface area (Å²) in [6.07, 6.45) is 52.8. The summed E-state index contributed by atoms with van der Waals surface area (Å²) in [4.78, 5) is 26.0. The second kappa shape index (κ2) is 47.6. The number of esters is 1. The molecule has 6 heteroatoms. The summed E-state index contributed by atoms with van der Waals surface area (Å²) in [7, 11) is 0. The van der Waals surface area contributed by atoms with Crippen molar-refractivity contribution in [2.75, 3.05) is 6.61 Å². The van der Waals surface area contributed by atoms with Crippen LogP contribution in [0.15, 0.2) is 12.2 Å². The van der Waals surface area contributed by atoms with E-state index in [1.807, 2.05) is 0 Å². The van der Waals surface area contributed by atoms with Crippen LogP contribution in [0, 0.1) is 0 Å². The van der Waals surface area contributed by atoms with Gasteiger partial charge >= 0.3 is 5.97 Å². The zero-order valence-corrected chi connectivity index (χ0v) is 39.9. The molecule has 0 bridgehead atoms. The lowest BCUT2D eigenvalue weighted by atomic mass is 10.0. The Morgan fingerprint density at radius 2 is 0.814 bits per heavy atom. The molecule has 6 nitrogen and oxygen atoms in total. The van der Waals surface area contributed by atoms with Crippen LogP contribution >= 0.6 is 0 Å². The first-order chi connectivity index (χ1) is 29.0. The van der Waals surface area contributed by atoms with Gasteiger partial charge in [0.1, 0.15) is 6.10 Å². The van der Waals surface area contributed by atoms with Gasteiger partial charge in [-0.15, -0.1) is 0 Å². The molecule has 3 unspecified atom stereocenters. The first-order valence-corrected chi connectivity index (χ1v) is 26.4. The number of rotatable bonds is 48. The molecule has 3 atom stereocenters. The summed E-state index contributed by atoms with van der Waals surface area (Å²) >= 11 is 0. The fourth-order valence-electron chi connectivity index (χ4n) is 8.31. The van der Waals surface area contributed by atoms with Crippen molar-refractivity contribution in [1.82, 2.24) is 5.32 Å². The molecule has 0 aliphatic rings. The van der Waals surface area contributed by atoms with E-state index in [1.165, 1.54) is 193 Å². The molecule has 3 N–H and O–H groups in total. The molecule has 0 rings (SSSR count). The van der Waals surface area contributed by atoms with Crippen LogP contribution in [0.4, 0.5) is 0 Å². The summed E-state index contributed by atoms with van der Waals surface area (Å²) in [6.45, 7) is 6.48. The zero-order valence-electron chi connectivity index (χ0n) is 39.9. The SMILES string of the molecule is CCCCCCCCC/C=C/CCCCCCCC(=O)OC(CCCCCCCCCC)CC(=O)NC(CO)C(O)CCCCCCCCCCCCCCCCCC. The van der Waals surface area contributed by atoms with Crippen LogP contribution in [-0.2, 0) is 14.3 Å². The first-order valence-electron chi connectivity index (χ1n) is 26.4. The van der Waals surface area contributed by atoms with Gasteiger partial charge in [-0.3, -0.25) is 9.59 Å². The third kappa shape index (κ3) is 43.1. The topological polar surface area (TPSA) is 95.9 Å². The van der Waals surface area contributed by atoms with Crippen LogP contribution in [0.2, 0.25) is 0 Å². The second-order valence-corrected chi connectivity index (χ2v) is 18.3. The molecule has 350 valence electrons. The van der Waals surface area contributed by atoms with Crippen molar-refractivity contribution >= 4 is 11.9 Å². The molecular weight excluding hydrogens is 731 g/mol. The van der Waals surface area contributed by atoms with Crippen LogP contribution in [0.3, 0.4) is 0 Å². The molecule has 0 spiro atoms. The van der Waals surface area contributed by atoms with Gasteiger partial charge in [-0.2, -0.15) is 0 Å². The van der Waals surface area contributed by atoms with E-state index in [-0.39, 0.29) is 24.9 Å². The molecule has 1 amide bonds. The van der Waals surface area contributed by atoms with E-state index in [0.717, 1.165) is 51.4 Å². The van der Waals surface area contributed by atoms with Gasteiger partial charge in [0.15, 0.2) is 0 Å². The zero-order chi connectivity index (χ0) is 43.1. The highest BCUT2D eigenvalue weighted by atomic mass is 16.5. The van der Waals surface area contributed by atoms with Gasteiger partial charge in [-0.1, -0.05) is 238 Å². The number of allylic oxidation sites excluding steroid dienone is 2. The van der Waals surface area contributed by atoms with Crippen molar-refractivity contribution in [1.29, 1.82) is 0 Å². The minimum absolute atomic E-state index is 0.0803. The third-order valence-electron chi connectivity index (χ3n) is 12.3. The Morgan fingerprint density at radius 3 is 1.20 bits per heavy atom. The molecule has 0 aliphatic heterocycles. The minimum atomic E-state index is -0.782. The molecular formula is C53H103NO5. The predicted molar refractivity (Wildman–Crippen MR) is 255 cm³/mol. The Kier molecular flexibility index (Phi) is 46.5. The Bertz CT molecular complexity index is 893. The van der Waals surface area contributed by atoms with Crippen LogP contribution in [0.1, 0.15) is 290 Å². The fraction of sp³-hybridized carbons (Fsp3) is 0.925. The molecule has 0 heterocycles. The Hall–Kier alpha value is -1.40. The van der Waals surface area contributed by atoms with Crippen molar-refractivity contribution in [2.24, 2.45) is 0 Å². The maximum atomic E-state index is 13.2. The van der Waals surface area contributed by atoms with Crippen LogP contribution < -0.4 is 5.32 Å². The van der Waals surface area contributed by atoms with E-state index in [1.54, 1.807) is 0 Å². The van der Waals surface area contributed by atoms with E-state index in [9.17, 15) is 19.8 Å². The highest BCUT2D eigenvalue weighted by Crippen LogP contribution is 2.18. The number of nitrogens with one attached hydrogen (secondary N) is 1. The van der Waals surface area contributed by atoms with Crippen LogP contribution in [0.25, 0.3) is 0 Å². The number of carbonyl (C=O) groups is 2. The first kappa shape index (κ1) is 57.6. The maximum absolute atomic E-state index is 13.2. The number of hydrogen-bond donors (Lipinski definition) is 3. The van der Waals surface area contributed by atoms with Crippen molar-refractivity contribution in [2.45, 2.75) is 309 Å². The Morgan fingerprint density at radius 1 is 0.475 bits per heavy atom. The number of ether oxygens (including phenoxy) is 1. The van der Waals surface area contributed by atoms with E-state index in [0.29, 0.717) is 19.3 Å². The maximum Gasteiger partial charge on any atom is 0.306 e. The molecule has 59 heavy (non-hydrogen) atoms. The largest absolute Gasteiger partial charge is 0.462 e. The number of aliphatic hydroxyl groups excluding tert-OH is 2. The van der Waals surface area contributed by atoms with Gasteiger partial charge in [0.05, 0.1) is 25.2 Å². The summed E-state index contributed by atoms with van der Waals surface area (Å²) < 4.78 is 5.91. The molecule has 0 aromatic heterocycles. The van der Waals surface area contributed by atoms with Gasteiger partial charge < -0.3 is 20.3 Å². The quantitative estimate of drug-likeness (QED) is 0.0322. The smallest absolute Gasteiger partial charge is 0.306 e. The highest BCUT2D eigenvalue weighted by Gasteiger charge is 2.24. The molecule has 0 aromatic carbocycles. The summed E-state index contributed by atoms with van der Waals surface area (Å²) in [5.74, 6) is -0.471. The summed E-state index contributed by atoms with van der Waals surface area (Å²) in [6, 6.07) is -0.695.